The molecule has 4 nitrogen and oxygen atoms in total. The second kappa shape index (κ2) is 6.39. The summed E-state index contributed by atoms with van der Waals surface area (Å²) in [4.78, 5) is 4.54. The van der Waals surface area contributed by atoms with Crippen molar-refractivity contribution in [3.8, 4) is 0 Å². The number of benzene rings is 1. The second-order valence-electron chi connectivity index (χ2n) is 5.97. The Morgan fingerprint density at radius 1 is 1.29 bits per heavy atom. The first kappa shape index (κ1) is 14.3. The van der Waals surface area contributed by atoms with Gasteiger partial charge in [0.25, 0.3) is 0 Å². The quantitative estimate of drug-likeness (QED) is 0.850. The van der Waals surface area contributed by atoms with Gasteiger partial charge in [0.1, 0.15) is 0 Å². The number of hydrogen-bond donors (Lipinski definition) is 1. The van der Waals surface area contributed by atoms with Crippen molar-refractivity contribution in [2.45, 2.75) is 45.6 Å². The van der Waals surface area contributed by atoms with Crippen LogP contribution < -0.4 is 5.32 Å². The summed E-state index contributed by atoms with van der Waals surface area (Å²) in [5.41, 5.74) is 2.49. The summed E-state index contributed by atoms with van der Waals surface area (Å²) in [5.74, 6) is 2.33. The van der Waals surface area contributed by atoms with Crippen molar-refractivity contribution in [2.75, 3.05) is 6.54 Å². The lowest BCUT2D eigenvalue weighted by atomic mass is 10.1. The molecule has 0 saturated heterocycles. The van der Waals surface area contributed by atoms with E-state index in [0.717, 1.165) is 37.0 Å². The standard InChI is InChI=1S/C17H23N3O/c1-3-18-15(14-8-9-14)11-17-19-16(20-21-17)10-13-6-4-12(2)5-7-13/h4-7,14-15,18H,3,8-11H2,1-2H3. The largest absolute Gasteiger partial charge is 0.339 e. The van der Waals surface area contributed by atoms with Crippen molar-refractivity contribution in [3.05, 3.63) is 47.1 Å². The summed E-state index contributed by atoms with van der Waals surface area (Å²) >= 11 is 0. The monoisotopic (exact) mass is 285 g/mol. The molecule has 0 aliphatic heterocycles. The minimum atomic E-state index is 0.489. The molecular weight excluding hydrogens is 262 g/mol. The van der Waals surface area contributed by atoms with E-state index >= 15 is 0 Å². The number of hydrogen-bond acceptors (Lipinski definition) is 4. The highest BCUT2D eigenvalue weighted by Gasteiger charge is 2.31. The first-order valence-corrected chi connectivity index (χ1v) is 7.85. The molecule has 4 heteroatoms. The van der Waals surface area contributed by atoms with Crippen molar-refractivity contribution in [3.63, 3.8) is 0 Å². The number of rotatable bonds is 7. The van der Waals surface area contributed by atoms with E-state index in [2.05, 4.69) is 53.6 Å². The summed E-state index contributed by atoms with van der Waals surface area (Å²) in [6.45, 7) is 5.23. The van der Waals surface area contributed by atoms with Gasteiger partial charge in [0, 0.05) is 18.9 Å². The van der Waals surface area contributed by atoms with Crippen LogP contribution in [0.1, 0.15) is 42.6 Å². The maximum absolute atomic E-state index is 5.41. The van der Waals surface area contributed by atoms with E-state index in [1.807, 2.05) is 0 Å². The van der Waals surface area contributed by atoms with Crippen LogP contribution in [0.25, 0.3) is 0 Å². The molecule has 1 aromatic heterocycles. The fourth-order valence-electron chi connectivity index (χ4n) is 2.69. The van der Waals surface area contributed by atoms with Crippen molar-refractivity contribution in [1.82, 2.24) is 15.5 Å². The normalized spacial score (nSPS) is 16.1. The Labute approximate surface area is 126 Å². The van der Waals surface area contributed by atoms with E-state index in [4.69, 9.17) is 4.52 Å². The highest BCUT2D eigenvalue weighted by Crippen LogP contribution is 2.33. The summed E-state index contributed by atoms with van der Waals surface area (Å²) in [6, 6.07) is 8.96. The molecule has 112 valence electrons. The molecule has 0 amide bonds. The lowest BCUT2D eigenvalue weighted by molar-refractivity contribution is 0.345. The fraction of sp³-hybridized carbons (Fsp3) is 0.529. The Hall–Kier alpha value is -1.68. The summed E-state index contributed by atoms with van der Waals surface area (Å²) in [7, 11) is 0. The maximum atomic E-state index is 5.41. The summed E-state index contributed by atoms with van der Waals surface area (Å²) < 4.78 is 5.41. The minimum Gasteiger partial charge on any atom is -0.339 e. The number of nitrogens with one attached hydrogen (secondary N) is 1. The van der Waals surface area contributed by atoms with Crippen molar-refractivity contribution >= 4 is 0 Å². The molecule has 1 heterocycles. The molecule has 0 radical (unpaired) electrons. The lowest BCUT2D eigenvalue weighted by Gasteiger charge is -2.14. The van der Waals surface area contributed by atoms with E-state index in [1.165, 1.54) is 24.0 Å². The zero-order valence-corrected chi connectivity index (χ0v) is 12.8. The van der Waals surface area contributed by atoms with Gasteiger partial charge in [-0.1, -0.05) is 41.9 Å². The van der Waals surface area contributed by atoms with Gasteiger partial charge in [0.05, 0.1) is 0 Å². The van der Waals surface area contributed by atoms with Crippen LogP contribution in [0, 0.1) is 12.8 Å². The van der Waals surface area contributed by atoms with Gasteiger partial charge in [-0.3, -0.25) is 0 Å². The Bertz CT molecular complexity index is 572. The molecule has 21 heavy (non-hydrogen) atoms. The van der Waals surface area contributed by atoms with Gasteiger partial charge in [0.2, 0.25) is 5.89 Å². The molecule has 1 atom stereocenters. The van der Waals surface area contributed by atoms with E-state index in [1.54, 1.807) is 0 Å². The van der Waals surface area contributed by atoms with Crippen LogP contribution in [0.3, 0.4) is 0 Å². The van der Waals surface area contributed by atoms with Crippen LogP contribution in [-0.4, -0.2) is 22.7 Å². The molecule has 0 spiro atoms. The number of likely N-dealkylation sites (N-methyl/N-ethyl adjacent to an activating group) is 1. The summed E-state index contributed by atoms with van der Waals surface area (Å²) in [5, 5.41) is 7.64. The SMILES string of the molecule is CCNC(Cc1nc(Cc2ccc(C)cc2)no1)C1CC1. The molecule has 1 aromatic carbocycles. The number of aryl methyl sites for hydroxylation is 1. The van der Waals surface area contributed by atoms with Crippen molar-refractivity contribution in [1.29, 1.82) is 0 Å². The first-order valence-electron chi connectivity index (χ1n) is 7.85. The molecule has 1 unspecified atom stereocenters. The maximum Gasteiger partial charge on any atom is 0.228 e. The second-order valence-corrected chi connectivity index (χ2v) is 5.97. The van der Waals surface area contributed by atoms with Gasteiger partial charge in [0.15, 0.2) is 5.82 Å². The Kier molecular flexibility index (Phi) is 4.34. The smallest absolute Gasteiger partial charge is 0.228 e. The van der Waals surface area contributed by atoms with Gasteiger partial charge in [-0.15, -0.1) is 0 Å². The van der Waals surface area contributed by atoms with E-state index in [0.29, 0.717) is 6.04 Å². The van der Waals surface area contributed by atoms with E-state index in [-0.39, 0.29) is 0 Å². The van der Waals surface area contributed by atoms with Crippen LogP contribution in [0.15, 0.2) is 28.8 Å². The Balaban J connectivity index is 1.61. The number of nitrogens with zero attached hydrogens (tertiary/aromatic N) is 2. The molecule has 2 aromatic rings. The predicted octanol–water partition coefficient (Wildman–Crippen LogP) is 2.90. The zero-order valence-electron chi connectivity index (χ0n) is 12.8. The van der Waals surface area contributed by atoms with Crippen LogP contribution in [-0.2, 0) is 12.8 Å². The van der Waals surface area contributed by atoms with Crippen LogP contribution in [0.4, 0.5) is 0 Å². The van der Waals surface area contributed by atoms with Crippen LogP contribution in [0.2, 0.25) is 0 Å². The molecule has 1 fully saturated rings. The van der Waals surface area contributed by atoms with Gasteiger partial charge in [-0.25, -0.2) is 0 Å². The van der Waals surface area contributed by atoms with Crippen molar-refractivity contribution < 1.29 is 4.52 Å². The topological polar surface area (TPSA) is 51.0 Å². The van der Waals surface area contributed by atoms with Gasteiger partial charge in [-0.05, 0) is 37.8 Å². The highest BCUT2D eigenvalue weighted by atomic mass is 16.5. The molecule has 1 aliphatic carbocycles. The van der Waals surface area contributed by atoms with Crippen LogP contribution in [0.5, 0.6) is 0 Å². The van der Waals surface area contributed by atoms with Crippen LogP contribution >= 0.6 is 0 Å². The highest BCUT2D eigenvalue weighted by molar-refractivity contribution is 5.23. The average molecular weight is 285 g/mol. The van der Waals surface area contributed by atoms with E-state index in [9.17, 15) is 0 Å². The summed E-state index contributed by atoms with van der Waals surface area (Å²) in [6.07, 6.45) is 4.22. The third-order valence-corrected chi connectivity index (χ3v) is 4.04. The number of aromatic nitrogens is 2. The van der Waals surface area contributed by atoms with Gasteiger partial charge < -0.3 is 9.84 Å². The van der Waals surface area contributed by atoms with Gasteiger partial charge >= 0.3 is 0 Å². The van der Waals surface area contributed by atoms with Gasteiger partial charge in [-0.2, -0.15) is 4.98 Å². The molecule has 0 bridgehead atoms. The minimum absolute atomic E-state index is 0.489. The Morgan fingerprint density at radius 3 is 2.71 bits per heavy atom. The van der Waals surface area contributed by atoms with Crippen molar-refractivity contribution in [2.24, 2.45) is 5.92 Å². The Morgan fingerprint density at radius 2 is 2.05 bits per heavy atom. The molecule has 1 N–H and O–H groups in total. The fourth-order valence-corrected chi connectivity index (χ4v) is 2.69. The molecular formula is C17H23N3O. The predicted molar refractivity (Wildman–Crippen MR) is 82.2 cm³/mol. The molecule has 3 rings (SSSR count). The first-order chi connectivity index (χ1) is 10.2. The molecule has 1 aliphatic rings. The third kappa shape index (κ3) is 3.91. The molecule has 1 saturated carbocycles. The van der Waals surface area contributed by atoms with E-state index < -0.39 is 0 Å². The third-order valence-electron chi connectivity index (χ3n) is 4.04. The average Bonchev–Trinajstić information content (AvgIpc) is 3.23. The zero-order chi connectivity index (χ0) is 14.7. The lowest BCUT2D eigenvalue weighted by Crippen LogP contribution is -2.33.